The highest BCUT2D eigenvalue weighted by Gasteiger charge is 2.24. The first kappa shape index (κ1) is 14.1. The molecule has 1 saturated carbocycles. The van der Waals surface area contributed by atoms with E-state index in [1.165, 1.54) is 19.3 Å². The standard InChI is InChI=1S/C16H22N4O/c1-20-11-17-19-16(20)12-7-9-13(10-8-12)18-14-5-3-4-6-15(14)21-2/h7-11,14-15,18H,3-6H2,1-2H3. The summed E-state index contributed by atoms with van der Waals surface area (Å²) in [5.74, 6) is 0.883. The number of nitrogens with one attached hydrogen (secondary N) is 1. The lowest BCUT2D eigenvalue weighted by Crippen LogP contribution is -2.37. The van der Waals surface area contributed by atoms with Gasteiger partial charge in [-0.2, -0.15) is 0 Å². The van der Waals surface area contributed by atoms with Crippen molar-refractivity contribution in [2.45, 2.75) is 37.8 Å². The van der Waals surface area contributed by atoms with Crippen LogP contribution in [0.15, 0.2) is 30.6 Å². The maximum absolute atomic E-state index is 5.59. The van der Waals surface area contributed by atoms with E-state index >= 15 is 0 Å². The lowest BCUT2D eigenvalue weighted by atomic mass is 9.92. The summed E-state index contributed by atoms with van der Waals surface area (Å²) in [6.45, 7) is 0. The first-order valence-corrected chi connectivity index (χ1v) is 7.51. The summed E-state index contributed by atoms with van der Waals surface area (Å²) >= 11 is 0. The average molecular weight is 286 g/mol. The lowest BCUT2D eigenvalue weighted by Gasteiger charge is -2.31. The molecule has 0 aliphatic heterocycles. The van der Waals surface area contributed by atoms with Crippen LogP contribution in [0.2, 0.25) is 0 Å². The van der Waals surface area contributed by atoms with Crippen molar-refractivity contribution in [1.82, 2.24) is 14.8 Å². The average Bonchev–Trinajstić information content (AvgIpc) is 2.95. The molecule has 1 heterocycles. The summed E-state index contributed by atoms with van der Waals surface area (Å²) in [7, 11) is 3.76. The maximum Gasteiger partial charge on any atom is 0.163 e. The Labute approximate surface area is 125 Å². The fourth-order valence-electron chi connectivity index (χ4n) is 3.02. The highest BCUT2D eigenvalue weighted by atomic mass is 16.5. The van der Waals surface area contributed by atoms with Gasteiger partial charge >= 0.3 is 0 Å². The number of aryl methyl sites for hydroxylation is 1. The van der Waals surface area contributed by atoms with Gasteiger partial charge in [-0.05, 0) is 37.1 Å². The van der Waals surface area contributed by atoms with Gasteiger partial charge < -0.3 is 14.6 Å². The van der Waals surface area contributed by atoms with Crippen LogP contribution in [0, 0.1) is 0 Å². The summed E-state index contributed by atoms with van der Waals surface area (Å²) in [5, 5.41) is 11.6. The number of aromatic nitrogens is 3. The van der Waals surface area contributed by atoms with E-state index in [1.54, 1.807) is 6.33 Å². The number of methoxy groups -OCH3 is 1. The third-order valence-corrected chi connectivity index (χ3v) is 4.21. The third-order valence-electron chi connectivity index (χ3n) is 4.21. The van der Waals surface area contributed by atoms with Crippen LogP contribution < -0.4 is 5.32 Å². The van der Waals surface area contributed by atoms with E-state index in [-0.39, 0.29) is 0 Å². The Bertz CT molecular complexity index is 578. The van der Waals surface area contributed by atoms with Gasteiger partial charge in [0.2, 0.25) is 0 Å². The molecule has 0 spiro atoms. The second-order valence-corrected chi connectivity index (χ2v) is 5.65. The van der Waals surface area contributed by atoms with E-state index in [0.717, 1.165) is 23.5 Å². The van der Waals surface area contributed by atoms with Crippen LogP contribution in [0.1, 0.15) is 25.7 Å². The van der Waals surface area contributed by atoms with Crippen LogP contribution in [-0.2, 0) is 11.8 Å². The molecular formula is C16H22N4O. The molecule has 5 heteroatoms. The molecule has 1 aromatic heterocycles. The number of nitrogens with zero attached hydrogens (tertiary/aromatic N) is 3. The Kier molecular flexibility index (Phi) is 4.20. The third kappa shape index (κ3) is 3.08. The van der Waals surface area contributed by atoms with Crippen LogP contribution in [0.3, 0.4) is 0 Å². The van der Waals surface area contributed by atoms with Gasteiger partial charge in [0.25, 0.3) is 0 Å². The van der Waals surface area contributed by atoms with Crippen LogP contribution in [-0.4, -0.2) is 34.0 Å². The lowest BCUT2D eigenvalue weighted by molar-refractivity contribution is 0.0606. The predicted molar refractivity (Wildman–Crippen MR) is 83.1 cm³/mol. The van der Waals surface area contributed by atoms with Gasteiger partial charge in [0.1, 0.15) is 6.33 Å². The summed E-state index contributed by atoms with van der Waals surface area (Å²) in [6, 6.07) is 8.77. The molecule has 2 unspecified atom stereocenters. The molecule has 2 atom stereocenters. The highest BCUT2D eigenvalue weighted by molar-refractivity contribution is 5.60. The Morgan fingerprint density at radius 3 is 2.62 bits per heavy atom. The van der Waals surface area contributed by atoms with Crippen molar-refractivity contribution in [3.05, 3.63) is 30.6 Å². The molecule has 112 valence electrons. The van der Waals surface area contributed by atoms with Gasteiger partial charge in [-0.1, -0.05) is 12.8 Å². The second-order valence-electron chi connectivity index (χ2n) is 5.65. The van der Waals surface area contributed by atoms with E-state index in [0.29, 0.717) is 12.1 Å². The van der Waals surface area contributed by atoms with Crippen molar-refractivity contribution in [3.8, 4) is 11.4 Å². The molecule has 1 N–H and O–H groups in total. The van der Waals surface area contributed by atoms with Gasteiger partial charge in [0.15, 0.2) is 5.82 Å². The van der Waals surface area contributed by atoms with Crippen LogP contribution in [0.4, 0.5) is 5.69 Å². The summed E-state index contributed by atoms with van der Waals surface area (Å²) < 4.78 is 7.51. The SMILES string of the molecule is COC1CCCCC1Nc1ccc(-c2nncn2C)cc1. The van der Waals surface area contributed by atoms with Crippen molar-refractivity contribution in [1.29, 1.82) is 0 Å². The zero-order valence-electron chi connectivity index (χ0n) is 12.6. The Balaban J connectivity index is 1.71. The quantitative estimate of drug-likeness (QED) is 0.939. The van der Waals surface area contributed by atoms with Crippen LogP contribution in [0.25, 0.3) is 11.4 Å². The first-order valence-electron chi connectivity index (χ1n) is 7.51. The van der Waals surface area contributed by atoms with Crippen molar-refractivity contribution in [2.24, 2.45) is 7.05 Å². The fourth-order valence-corrected chi connectivity index (χ4v) is 3.02. The summed E-state index contributed by atoms with van der Waals surface area (Å²) in [5.41, 5.74) is 2.21. The zero-order valence-corrected chi connectivity index (χ0v) is 12.6. The van der Waals surface area contributed by atoms with E-state index in [2.05, 4.69) is 39.8 Å². The summed E-state index contributed by atoms with van der Waals surface area (Å²) in [4.78, 5) is 0. The minimum Gasteiger partial charge on any atom is -0.380 e. The molecule has 5 nitrogen and oxygen atoms in total. The largest absolute Gasteiger partial charge is 0.380 e. The number of anilines is 1. The topological polar surface area (TPSA) is 52.0 Å². The summed E-state index contributed by atoms with van der Waals surface area (Å²) in [6.07, 6.45) is 6.88. The molecule has 1 aromatic carbocycles. The van der Waals surface area contributed by atoms with E-state index < -0.39 is 0 Å². The van der Waals surface area contributed by atoms with E-state index in [9.17, 15) is 0 Å². The van der Waals surface area contributed by atoms with Crippen molar-refractivity contribution in [2.75, 3.05) is 12.4 Å². The zero-order chi connectivity index (χ0) is 14.7. The van der Waals surface area contributed by atoms with Crippen LogP contribution >= 0.6 is 0 Å². The molecule has 1 fully saturated rings. The highest BCUT2D eigenvalue weighted by Crippen LogP contribution is 2.25. The Morgan fingerprint density at radius 1 is 1.19 bits per heavy atom. The molecule has 0 radical (unpaired) electrons. The van der Waals surface area contributed by atoms with Crippen molar-refractivity contribution >= 4 is 5.69 Å². The second kappa shape index (κ2) is 6.26. The molecule has 21 heavy (non-hydrogen) atoms. The van der Waals surface area contributed by atoms with Crippen LogP contribution in [0.5, 0.6) is 0 Å². The number of hydrogen-bond donors (Lipinski definition) is 1. The number of ether oxygens (including phenoxy) is 1. The fraction of sp³-hybridized carbons (Fsp3) is 0.500. The van der Waals surface area contributed by atoms with E-state index in [1.807, 2.05) is 18.7 Å². The molecule has 1 aliphatic carbocycles. The maximum atomic E-state index is 5.59. The molecule has 2 aromatic rings. The normalized spacial score (nSPS) is 22.2. The van der Waals surface area contributed by atoms with Crippen molar-refractivity contribution < 1.29 is 4.74 Å². The molecule has 0 amide bonds. The monoisotopic (exact) mass is 286 g/mol. The number of rotatable bonds is 4. The van der Waals surface area contributed by atoms with E-state index in [4.69, 9.17) is 4.74 Å². The minimum absolute atomic E-state index is 0.317. The Hall–Kier alpha value is -1.88. The Morgan fingerprint density at radius 2 is 1.95 bits per heavy atom. The minimum atomic E-state index is 0.317. The molecule has 0 saturated heterocycles. The smallest absolute Gasteiger partial charge is 0.163 e. The molecule has 3 rings (SSSR count). The van der Waals surface area contributed by atoms with Gasteiger partial charge in [-0.3, -0.25) is 0 Å². The van der Waals surface area contributed by atoms with Gasteiger partial charge in [0, 0.05) is 25.4 Å². The first-order chi connectivity index (χ1) is 10.3. The van der Waals surface area contributed by atoms with Gasteiger partial charge in [0.05, 0.1) is 12.1 Å². The molecule has 1 aliphatic rings. The number of hydrogen-bond acceptors (Lipinski definition) is 4. The van der Waals surface area contributed by atoms with Crippen molar-refractivity contribution in [3.63, 3.8) is 0 Å². The molecule has 0 bridgehead atoms. The number of benzene rings is 1. The predicted octanol–water partition coefficient (Wildman–Crippen LogP) is 2.85. The van der Waals surface area contributed by atoms with Gasteiger partial charge in [-0.25, -0.2) is 0 Å². The van der Waals surface area contributed by atoms with Gasteiger partial charge in [-0.15, -0.1) is 10.2 Å². The molecular weight excluding hydrogens is 264 g/mol.